The second-order valence-electron chi connectivity index (χ2n) is 7.75. The number of amides is 3. The number of carbonyl (C=O) groups excluding carboxylic acids is 3. The number of para-hydroxylation sites is 1. The molecule has 2 N–H and O–H groups in total. The number of alkyl halides is 3. The van der Waals surface area contributed by atoms with E-state index in [2.05, 4.69) is 10.6 Å². The first-order chi connectivity index (χ1) is 15.6. The van der Waals surface area contributed by atoms with Crippen molar-refractivity contribution in [3.63, 3.8) is 0 Å². The van der Waals surface area contributed by atoms with Crippen molar-refractivity contribution < 1.29 is 27.6 Å². The highest BCUT2D eigenvalue weighted by Gasteiger charge is 2.33. The lowest BCUT2D eigenvalue weighted by Crippen LogP contribution is -2.52. The molecule has 3 amide bonds. The predicted molar refractivity (Wildman–Crippen MR) is 117 cm³/mol. The number of rotatable bonds is 6. The summed E-state index contributed by atoms with van der Waals surface area (Å²) in [7, 11) is 0. The van der Waals surface area contributed by atoms with E-state index in [4.69, 9.17) is 0 Å². The molecule has 0 unspecified atom stereocenters. The van der Waals surface area contributed by atoms with Gasteiger partial charge in [0.15, 0.2) is 0 Å². The SMILES string of the molecule is Cc1ccccc1C(=O)NCC(=O)N1CCN(CC(=O)Nc2ccccc2C(F)(F)F)CC1. The van der Waals surface area contributed by atoms with Crippen molar-refractivity contribution in [3.05, 3.63) is 65.2 Å². The van der Waals surface area contributed by atoms with Gasteiger partial charge in [-0.05, 0) is 30.7 Å². The van der Waals surface area contributed by atoms with Gasteiger partial charge < -0.3 is 15.5 Å². The number of anilines is 1. The van der Waals surface area contributed by atoms with Gasteiger partial charge in [-0.2, -0.15) is 13.2 Å². The summed E-state index contributed by atoms with van der Waals surface area (Å²) in [5.74, 6) is -1.12. The van der Waals surface area contributed by atoms with Gasteiger partial charge in [0.1, 0.15) is 0 Å². The first-order valence-corrected chi connectivity index (χ1v) is 10.4. The Labute approximate surface area is 189 Å². The molecule has 1 aliphatic heterocycles. The molecule has 1 fully saturated rings. The number of aryl methyl sites for hydroxylation is 1. The maximum atomic E-state index is 13.1. The van der Waals surface area contributed by atoms with Gasteiger partial charge in [-0.15, -0.1) is 0 Å². The third-order valence-corrected chi connectivity index (χ3v) is 5.39. The van der Waals surface area contributed by atoms with E-state index in [9.17, 15) is 27.6 Å². The van der Waals surface area contributed by atoms with E-state index in [1.807, 2.05) is 19.1 Å². The average Bonchev–Trinajstić information content (AvgIpc) is 2.77. The second kappa shape index (κ2) is 10.5. The molecule has 1 heterocycles. The molecule has 10 heteroatoms. The van der Waals surface area contributed by atoms with E-state index in [1.165, 1.54) is 18.2 Å². The molecule has 7 nitrogen and oxygen atoms in total. The van der Waals surface area contributed by atoms with E-state index in [0.717, 1.165) is 11.6 Å². The maximum absolute atomic E-state index is 13.1. The Bertz CT molecular complexity index is 1020. The normalized spacial score (nSPS) is 14.6. The van der Waals surface area contributed by atoms with E-state index in [1.54, 1.807) is 21.9 Å². The summed E-state index contributed by atoms with van der Waals surface area (Å²) < 4.78 is 39.2. The minimum Gasteiger partial charge on any atom is -0.343 e. The van der Waals surface area contributed by atoms with Crippen molar-refractivity contribution in [3.8, 4) is 0 Å². The number of hydrogen-bond donors (Lipinski definition) is 2. The topological polar surface area (TPSA) is 81.8 Å². The van der Waals surface area contributed by atoms with Gasteiger partial charge >= 0.3 is 6.18 Å². The third-order valence-electron chi connectivity index (χ3n) is 5.39. The van der Waals surface area contributed by atoms with Gasteiger partial charge in [0, 0.05) is 31.7 Å². The van der Waals surface area contributed by atoms with Crippen LogP contribution in [0.25, 0.3) is 0 Å². The smallest absolute Gasteiger partial charge is 0.343 e. The molecule has 0 atom stereocenters. The molecule has 33 heavy (non-hydrogen) atoms. The number of nitrogens with one attached hydrogen (secondary N) is 2. The van der Waals surface area contributed by atoms with Crippen LogP contribution in [0.15, 0.2) is 48.5 Å². The largest absolute Gasteiger partial charge is 0.418 e. The zero-order valence-corrected chi connectivity index (χ0v) is 18.1. The van der Waals surface area contributed by atoms with Gasteiger partial charge in [-0.25, -0.2) is 0 Å². The molecule has 0 saturated carbocycles. The summed E-state index contributed by atoms with van der Waals surface area (Å²) in [6.45, 7) is 3.09. The molecule has 3 rings (SSSR count). The summed E-state index contributed by atoms with van der Waals surface area (Å²) >= 11 is 0. The summed E-state index contributed by atoms with van der Waals surface area (Å²) in [5.41, 5.74) is 0.134. The minimum absolute atomic E-state index is 0.0851. The highest BCUT2D eigenvalue weighted by Crippen LogP contribution is 2.34. The van der Waals surface area contributed by atoms with Gasteiger partial charge in [-0.3, -0.25) is 19.3 Å². The second-order valence-corrected chi connectivity index (χ2v) is 7.75. The van der Waals surface area contributed by atoms with Crippen LogP contribution in [0.5, 0.6) is 0 Å². The van der Waals surface area contributed by atoms with Crippen LogP contribution in [0.1, 0.15) is 21.5 Å². The summed E-state index contributed by atoms with van der Waals surface area (Å²) in [6, 6.07) is 11.9. The van der Waals surface area contributed by atoms with E-state index >= 15 is 0 Å². The Morgan fingerprint density at radius 2 is 1.58 bits per heavy atom. The molecule has 176 valence electrons. The number of nitrogens with zero attached hydrogens (tertiary/aromatic N) is 2. The van der Waals surface area contributed by atoms with Crippen molar-refractivity contribution in [2.45, 2.75) is 13.1 Å². The van der Waals surface area contributed by atoms with Crippen molar-refractivity contribution in [2.75, 3.05) is 44.6 Å². The molecule has 2 aromatic carbocycles. The van der Waals surface area contributed by atoms with Gasteiger partial charge in [-0.1, -0.05) is 30.3 Å². The van der Waals surface area contributed by atoms with Crippen molar-refractivity contribution >= 4 is 23.4 Å². The van der Waals surface area contributed by atoms with Gasteiger partial charge in [0.2, 0.25) is 11.8 Å². The zero-order chi connectivity index (χ0) is 24.0. The quantitative estimate of drug-likeness (QED) is 0.692. The Hall–Kier alpha value is -3.40. The zero-order valence-electron chi connectivity index (χ0n) is 18.1. The fraction of sp³-hybridized carbons (Fsp3) is 0.348. The minimum atomic E-state index is -4.56. The fourth-order valence-corrected chi connectivity index (χ4v) is 3.58. The number of benzene rings is 2. The summed E-state index contributed by atoms with van der Waals surface area (Å²) in [4.78, 5) is 40.3. The molecule has 0 aliphatic carbocycles. The van der Waals surface area contributed by atoms with Crippen molar-refractivity contribution in [1.29, 1.82) is 0 Å². The van der Waals surface area contributed by atoms with Crippen LogP contribution in [-0.2, 0) is 15.8 Å². The van der Waals surface area contributed by atoms with Crippen LogP contribution in [0.4, 0.5) is 18.9 Å². The third kappa shape index (κ3) is 6.55. The average molecular weight is 462 g/mol. The Morgan fingerprint density at radius 1 is 0.939 bits per heavy atom. The number of halogens is 3. The Morgan fingerprint density at radius 3 is 2.24 bits per heavy atom. The van der Waals surface area contributed by atoms with Crippen LogP contribution >= 0.6 is 0 Å². The molecule has 0 radical (unpaired) electrons. The Balaban J connectivity index is 1.44. The van der Waals surface area contributed by atoms with Crippen LogP contribution in [-0.4, -0.2) is 66.8 Å². The number of carbonyl (C=O) groups is 3. The summed E-state index contributed by atoms with van der Waals surface area (Å²) in [5, 5.41) is 4.95. The van der Waals surface area contributed by atoms with Crippen molar-refractivity contribution in [1.82, 2.24) is 15.1 Å². The molecule has 0 spiro atoms. The molecular formula is C23H25F3N4O3. The monoisotopic (exact) mass is 462 g/mol. The van der Waals surface area contributed by atoms with Crippen molar-refractivity contribution in [2.24, 2.45) is 0 Å². The number of hydrogen-bond acceptors (Lipinski definition) is 4. The molecule has 2 aromatic rings. The standard InChI is InChI=1S/C23H25F3N4O3/c1-16-6-2-3-7-17(16)22(33)27-14-21(32)30-12-10-29(11-13-30)15-20(31)28-19-9-5-4-8-18(19)23(24,25)26/h2-9H,10-15H2,1H3,(H,27,33)(H,28,31). The van der Waals surface area contributed by atoms with E-state index < -0.39 is 17.6 Å². The van der Waals surface area contributed by atoms with E-state index in [-0.39, 0.29) is 30.6 Å². The molecule has 0 bridgehead atoms. The lowest BCUT2D eigenvalue weighted by molar-refractivity contribution is -0.137. The fourth-order valence-electron chi connectivity index (χ4n) is 3.58. The highest BCUT2D eigenvalue weighted by atomic mass is 19.4. The van der Waals surface area contributed by atoms with Gasteiger partial charge in [0.25, 0.3) is 5.91 Å². The van der Waals surface area contributed by atoms with Crippen LogP contribution in [0.3, 0.4) is 0 Å². The number of piperazine rings is 1. The summed E-state index contributed by atoms with van der Waals surface area (Å²) in [6.07, 6.45) is -4.56. The maximum Gasteiger partial charge on any atom is 0.418 e. The Kier molecular flexibility index (Phi) is 7.70. The highest BCUT2D eigenvalue weighted by molar-refractivity contribution is 5.97. The molecule has 1 saturated heterocycles. The van der Waals surface area contributed by atoms with Crippen LogP contribution in [0.2, 0.25) is 0 Å². The lowest BCUT2D eigenvalue weighted by atomic mass is 10.1. The molecule has 1 aliphatic rings. The molecular weight excluding hydrogens is 437 g/mol. The van der Waals surface area contributed by atoms with Gasteiger partial charge in [0.05, 0.1) is 24.3 Å². The first kappa shape index (κ1) is 24.2. The lowest BCUT2D eigenvalue weighted by Gasteiger charge is -2.34. The van der Waals surface area contributed by atoms with Crippen LogP contribution in [0, 0.1) is 6.92 Å². The first-order valence-electron chi connectivity index (χ1n) is 10.4. The predicted octanol–water partition coefficient (Wildman–Crippen LogP) is 2.53. The van der Waals surface area contributed by atoms with E-state index in [0.29, 0.717) is 31.7 Å². The van der Waals surface area contributed by atoms with Crippen LogP contribution < -0.4 is 10.6 Å². The molecule has 0 aromatic heterocycles.